The summed E-state index contributed by atoms with van der Waals surface area (Å²) in [6, 6.07) is 12.7. The van der Waals surface area contributed by atoms with Crippen molar-refractivity contribution in [2.45, 2.75) is 25.2 Å². The van der Waals surface area contributed by atoms with Gasteiger partial charge < -0.3 is 24.8 Å². The highest BCUT2D eigenvalue weighted by atomic mass is 19.1. The number of ether oxygens (including phenoxy) is 2. The number of benzene rings is 2. The summed E-state index contributed by atoms with van der Waals surface area (Å²) in [6.45, 7) is 0.903. The van der Waals surface area contributed by atoms with Gasteiger partial charge in [-0.15, -0.1) is 0 Å². The van der Waals surface area contributed by atoms with Crippen LogP contribution in [0, 0.1) is 5.82 Å². The molecular weight excluding hydrogens is 379 g/mol. The zero-order valence-electron chi connectivity index (χ0n) is 16.0. The second kappa shape index (κ2) is 9.38. The van der Waals surface area contributed by atoms with Crippen molar-refractivity contribution < 1.29 is 28.6 Å². The van der Waals surface area contributed by atoms with Gasteiger partial charge in [-0.05, 0) is 30.2 Å². The van der Waals surface area contributed by atoms with Crippen molar-refractivity contribution in [3.8, 4) is 0 Å². The predicted octanol–water partition coefficient (Wildman–Crippen LogP) is 3.04. The van der Waals surface area contributed by atoms with E-state index in [-0.39, 0.29) is 23.9 Å². The zero-order chi connectivity index (χ0) is 20.8. The van der Waals surface area contributed by atoms with Gasteiger partial charge >= 0.3 is 12.1 Å². The maximum atomic E-state index is 14.3. The molecule has 1 saturated heterocycles. The monoisotopic (exact) mass is 402 g/mol. The largest absolute Gasteiger partial charge is 0.478 e. The molecule has 154 valence electrons. The first kappa shape index (κ1) is 20.6. The van der Waals surface area contributed by atoms with Gasteiger partial charge in [0, 0.05) is 20.2 Å². The first-order chi connectivity index (χ1) is 14.0. The van der Waals surface area contributed by atoms with Crippen LogP contribution in [0.2, 0.25) is 0 Å². The number of alkyl carbamates (subject to hydrolysis) is 1. The lowest BCUT2D eigenvalue weighted by atomic mass is 10.0. The number of piperidine rings is 1. The Kier molecular flexibility index (Phi) is 6.66. The average molecular weight is 402 g/mol. The number of carbonyl (C=O) groups excluding carboxylic acids is 1. The van der Waals surface area contributed by atoms with Crippen LogP contribution in [0.4, 0.5) is 14.9 Å². The number of amides is 1. The van der Waals surface area contributed by atoms with Crippen LogP contribution >= 0.6 is 0 Å². The van der Waals surface area contributed by atoms with Crippen LogP contribution in [-0.2, 0) is 16.1 Å². The van der Waals surface area contributed by atoms with Crippen molar-refractivity contribution in [2.24, 2.45) is 0 Å². The van der Waals surface area contributed by atoms with Gasteiger partial charge in [0.2, 0.25) is 0 Å². The first-order valence-electron chi connectivity index (χ1n) is 9.25. The van der Waals surface area contributed by atoms with E-state index in [2.05, 4.69) is 5.32 Å². The fourth-order valence-electron chi connectivity index (χ4n) is 3.34. The Morgan fingerprint density at radius 1 is 1.24 bits per heavy atom. The van der Waals surface area contributed by atoms with Crippen molar-refractivity contribution in [3.05, 3.63) is 65.5 Å². The number of anilines is 1. The van der Waals surface area contributed by atoms with E-state index in [0.717, 1.165) is 11.6 Å². The molecule has 0 aromatic heterocycles. The van der Waals surface area contributed by atoms with E-state index in [1.807, 2.05) is 30.3 Å². The number of carbonyl (C=O) groups is 2. The molecule has 0 aliphatic carbocycles. The van der Waals surface area contributed by atoms with Gasteiger partial charge in [-0.3, -0.25) is 0 Å². The lowest BCUT2D eigenvalue weighted by molar-refractivity contribution is 0.0544. The molecule has 2 aromatic carbocycles. The van der Waals surface area contributed by atoms with Crippen LogP contribution in [0.5, 0.6) is 0 Å². The number of rotatable bonds is 6. The van der Waals surface area contributed by atoms with Crippen LogP contribution in [0.15, 0.2) is 48.5 Å². The number of carboxylic acids is 1. The van der Waals surface area contributed by atoms with Gasteiger partial charge in [-0.25, -0.2) is 14.0 Å². The summed E-state index contributed by atoms with van der Waals surface area (Å²) in [4.78, 5) is 25.0. The molecular formula is C21H23FN2O5. The Hall–Kier alpha value is -3.13. The van der Waals surface area contributed by atoms with Crippen molar-refractivity contribution in [2.75, 3.05) is 25.1 Å². The zero-order valence-corrected chi connectivity index (χ0v) is 16.0. The normalized spacial score (nSPS) is 18.9. The number of halogens is 1. The molecule has 0 unspecified atom stereocenters. The van der Waals surface area contributed by atoms with Crippen molar-refractivity contribution in [3.63, 3.8) is 0 Å². The molecule has 1 aliphatic rings. The summed E-state index contributed by atoms with van der Waals surface area (Å²) in [7, 11) is 1.52. The number of nitrogens with zero attached hydrogens (tertiary/aromatic N) is 1. The number of nitrogens with one attached hydrogen (secondary N) is 1. The fourth-order valence-corrected chi connectivity index (χ4v) is 3.34. The Balaban J connectivity index is 1.60. The van der Waals surface area contributed by atoms with Gasteiger partial charge in [0.05, 0.1) is 23.4 Å². The Morgan fingerprint density at radius 3 is 2.69 bits per heavy atom. The minimum atomic E-state index is -1.12. The Bertz CT molecular complexity index is 861. The quantitative estimate of drug-likeness (QED) is 0.772. The van der Waals surface area contributed by atoms with Crippen molar-refractivity contribution in [1.82, 2.24) is 5.32 Å². The summed E-state index contributed by atoms with van der Waals surface area (Å²) in [5, 5.41) is 11.9. The van der Waals surface area contributed by atoms with Crippen molar-refractivity contribution >= 4 is 17.7 Å². The molecule has 1 heterocycles. The molecule has 1 aliphatic heterocycles. The molecule has 1 amide bonds. The summed E-state index contributed by atoms with van der Waals surface area (Å²) >= 11 is 0. The summed E-state index contributed by atoms with van der Waals surface area (Å²) in [6.07, 6.45) is -0.454. The standard InChI is InChI=1S/C21H23FN2O5/c1-28-19-12-24(18-11-15(20(25)26)7-8-16(18)22)10-9-17(19)23-21(27)29-13-14-5-3-2-4-6-14/h2-8,11,17,19H,9-10,12-13H2,1H3,(H,23,27)(H,25,26)/t17-,19+/m0/s1. The van der Waals surface area contributed by atoms with E-state index in [0.29, 0.717) is 19.5 Å². The average Bonchev–Trinajstić information content (AvgIpc) is 2.73. The summed E-state index contributed by atoms with van der Waals surface area (Å²) in [5.74, 6) is -1.62. The molecule has 2 atom stereocenters. The molecule has 2 N–H and O–H groups in total. The van der Waals surface area contributed by atoms with Gasteiger partial charge in [0.15, 0.2) is 0 Å². The molecule has 1 fully saturated rings. The maximum absolute atomic E-state index is 14.3. The van der Waals surface area contributed by atoms with E-state index in [4.69, 9.17) is 14.6 Å². The molecule has 8 heteroatoms. The third kappa shape index (κ3) is 5.23. The second-order valence-electron chi connectivity index (χ2n) is 6.79. The molecule has 7 nitrogen and oxygen atoms in total. The molecule has 2 aromatic rings. The Morgan fingerprint density at radius 2 is 2.00 bits per heavy atom. The lowest BCUT2D eigenvalue weighted by Crippen LogP contribution is -2.55. The molecule has 0 saturated carbocycles. The number of methoxy groups -OCH3 is 1. The molecule has 29 heavy (non-hydrogen) atoms. The van der Waals surface area contributed by atoms with Crippen LogP contribution in [0.25, 0.3) is 0 Å². The number of hydrogen-bond donors (Lipinski definition) is 2. The highest BCUT2D eigenvalue weighted by molar-refractivity contribution is 5.88. The first-order valence-corrected chi connectivity index (χ1v) is 9.25. The van der Waals surface area contributed by atoms with E-state index >= 15 is 0 Å². The van der Waals surface area contributed by atoms with E-state index in [1.165, 1.54) is 19.2 Å². The highest BCUT2D eigenvalue weighted by Crippen LogP contribution is 2.26. The number of hydrogen-bond acceptors (Lipinski definition) is 5. The minimum absolute atomic E-state index is 0.0140. The SMILES string of the molecule is CO[C@@H]1CN(c2cc(C(=O)O)ccc2F)CC[C@@H]1NC(=O)OCc1ccccc1. The smallest absolute Gasteiger partial charge is 0.407 e. The fraction of sp³-hybridized carbons (Fsp3) is 0.333. The number of carboxylic acid groups (broad SMARTS) is 1. The Labute approximate surface area is 168 Å². The second-order valence-corrected chi connectivity index (χ2v) is 6.79. The van der Waals surface area contributed by atoms with Crippen LogP contribution in [-0.4, -0.2) is 49.5 Å². The number of aromatic carboxylic acids is 1. The third-order valence-electron chi connectivity index (χ3n) is 4.91. The van der Waals surface area contributed by atoms with Crippen LogP contribution in [0.1, 0.15) is 22.3 Å². The van der Waals surface area contributed by atoms with Crippen LogP contribution < -0.4 is 10.2 Å². The highest BCUT2D eigenvalue weighted by Gasteiger charge is 2.32. The van der Waals surface area contributed by atoms with Crippen molar-refractivity contribution in [1.29, 1.82) is 0 Å². The molecule has 0 spiro atoms. The van der Waals surface area contributed by atoms with Gasteiger partial charge in [0.25, 0.3) is 0 Å². The molecule has 0 bridgehead atoms. The van der Waals surface area contributed by atoms with Crippen LogP contribution in [0.3, 0.4) is 0 Å². The molecule has 3 rings (SSSR count). The maximum Gasteiger partial charge on any atom is 0.407 e. The topological polar surface area (TPSA) is 88.1 Å². The van der Waals surface area contributed by atoms with Gasteiger partial charge in [-0.1, -0.05) is 30.3 Å². The predicted molar refractivity (Wildman–Crippen MR) is 105 cm³/mol. The van der Waals surface area contributed by atoms with E-state index < -0.39 is 24.0 Å². The van der Waals surface area contributed by atoms with Gasteiger partial charge in [-0.2, -0.15) is 0 Å². The van der Waals surface area contributed by atoms with Gasteiger partial charge in [0.1, 0.15) is 12.4 Å². The minimum Gasteiger partial charge on any atom is -0.478 e. The van der Waals surface area contributed by atoms with E-state index in [1.54, 1.807) is 4.90 Å². The molecule has 0 radical (unpaired) electrons. The lowest BCUT2D eigenvalue weighted by Gasteiger charge is -2.39. The summed E-state index contributed by atoms with van der Waals surface area (Å²) < 4.78 is 25.0. The summed E-state index contributed by atoms with van der Waals surface area (Å²) in [5.41, 5.74) is 1.10. The van der Waals surface area contributed by atoms with E-state index in [9.17, 15) is 14.0 Å². The third-order valence-corrected chi connectivity index (χ3v) is 4.91.